The van der Waals surface area contributed by atoms with Gasteiger partial charge in [-0.3, -0.25) is 9.89 Å². The minimum Gasteiger partial charge on any atom is -0.480 e. The van der Waals surface area contributed by atoms with Crippen LogP contribution in [0.3, 0.4) is 0 Å². The van der Waals surface area contributed by atoms with Gasteiger partial charge in [0.25, 0.3) is 0 Å². The molecule has 0 radical (unpaired) electrons. The van der Waals surface area contributed by atoms with Crippen molar-refractivity contribution in [1.82, 2.24) is 15.2 Å². The van der Waals surface area contributed by atoms with Crippen LogP contribution in [0.25, 0.3) is 0 Å². The quantitative estimate of drug-likeness (QED) is 0.845. The summed E-state index contributed by atoms with van der Waals surface area (Å²) in [6.45, 7) is 2.11. The van der Waals surface area contributed by atoms with Crippen molar-refractivity contribution in [1.29, 1.82) is 0 Å². The maximum atomic E-state index is 11.5. The molecule has 16 heavy (non-hydrogen) atoms. The summed E-state index contributed by atoms with van der Waals surface area (Å²) in [7, 11) is 0. The Morgan fingerprint density at radius 2 is 2.56 bits per heavy atom. The molecule has 0 aromatic carbocycles. The van der Waals surface area contributed by atoms with Crippen molar-refractivity contribution < 1.29 is 9.90 Å². The highest BCUT2D eigenvalue weighted by Crippen LogP contribution is 2.44. The maximum Gasteiger partial charge on any atom is 0.320 e. The normalized spacial score (nSPS) is 30.2. The molecule has 6 heteroatoms. The summed E-state index contributed by atoms with van der Waals surface area (Å²) in [5.41, 5.74) is 0. The number of aliphatic carboxylic acids is 1. The minimum atomic E-state index is -0.736. The van der Waals surface area contributed by atoms with Gasteiger partial charge in [-0.05, 0) is 18.8 Å². The second-order valence-corrected chi connectivity index (χ2v) is 5.77. The lowest BCUT2D eigenvalue weighted by Gasteiger charge is -2.34. The molecule has 1 aromatic rings. The van der Waals surface area contributed by atoms with Gasteiger partial charge in [-0.1, -0.05) is 31.5 Å². The van der Waals surface area contributed by atoms with Crippen LogP contribution in [0.15, 0.2) is 11.5 Å². The maximum absolute atomic E-state index is 11.5. The van der Waals surface area contributed by atoms with Crippen molar-refractivity contribution in [3.63, 3.8) is 0 Å². The van der Waals surface area contributed by atoms with E-state index in [0.717, 1.165) is 12.8 Å². The van der Waals surface area contributed by atoms with Crippen LogP contribution in [0.2, 0.25) is 0 Å². The average Bonchev–Trinajstić information content (AvgIpc) is 2.70. The van der Waals surface area contributed by atoms with Gasteiger partial charge in [0, 0.05) is 0 Å². The molecule has 2 unspecified atom stereocenters. The molecular formula is C10H15N3O2S. The number of carboxylic acid groups (broad SMARTS) is 1. The van der Waals surface area contributed by atoms with Gasteiger partial charge in [0.15, 0.2) is 5.16 Å². The molecule has 2 rings (SSSR count). The molecule has 1 fully saturated rings. The highest BCUT2D eigenvalue weighted by Gasteiger charge is 2.43. The van der Waals surface area contributed by atoms with E-state index in [1.54, 1.807) is 0 Å². The molecular weight excluding hydrogens is 226 g/mol. The Morgan fingerprint density at radius 1 is 1.75 bits per heavy atom. The molecule has 0 amide bonds. The van der Waals surface area contributed by atoms with E-state index in [-0.39, 0.29) is 0 Å². The van der Waals surface area contributed by atoms with Crippen LogP contribution in [0, 0.1) is 5.92 Å². The van der Waals surface area contributed by atoms with E-state index in [2.05, 4.69) is 22.1 Å². The fourth-order valence-electron chi connectivity index (χ4n) is 2.26. The second-order valence-electron chi connectivity index (χ2n) is 4.39. The highest BCUT2D eigenvalue weighted by molar-refractivity contribution is 8.01. The molecule has 0 saturated heterocycles. The molecule has 1 aliphatic carbocycles. The van der Waals surface area contributed by atoms with Crippen molar-refractivity contribution in [3.05, 3.63) is 6.33 Å². The predicted molar refractivity (Wildman–Crippen MR) is 60.2 cm³/mol. The summed E-state index contributed by atoms with van der Waals surface area (Å²) < 4.78 is -0.725. The summed E-state index contributed by atoms with van der Waals surface area (Å²) >= 11 is 1.30. The summed E-state index contributed by atoms with van der Waals surface area (Å²) in [4.78, 5) is 15.5. The van der Waals surface area contributed by atoms with Gasteiger partial charge in [-0.2, -0.15) is 5.10 Å². The van der Waals surface area contributed by atoms with Gasteiger partial charge in [0.2, 0.25) is 0 Å². The summed E-state index contributed by atoms with van der Waals surface area (Å²) in [5.74, 6) is -0.277. The van der Waals surface area contributed by atoms with Gasteiger partial charge >= 0.3 is 5.97 Å². The van der Waals surface area contributed by atoms with E-state index >= 15 is 0 Å². The largest absolute Gasteiger partial charge is 0.480 e. The zero-order valence-corrected chi connectivity index (χ0v) is 9.96. The minimum absolute atomic E-state index is 0.459. The van der Waals surface area contributed by atoms with Gasteiger partial charge < -0.3 is 5.11 Å². The second kappa shape index (κ2) is 4.45. The van der Waals surface area contributed by atoms with Crippen molar-refractivity contribution in [2.24, 2.45) is 5.92 Å². The Hall–Kier alpha value is -1.04. The lowest BCUT2D eigenvalue weighted by Crippen LogP contribution is -2.39. The van der Waals surface area contributed by atoms with E-state index in [1.165, 1.54) is 18.1 Å². The zero-order chi connectivity index (χ0) is 11.6. The van der Waals surface area contributed by atoms with Crippen LogP contribution in [-0.4, -0.2) is 31.0 Å². The fraction of sp³-hybridized carbons (Fsp3) is 0.700. The highest BCUT2D eigenvalue weighted by atomic mass is 32.2. The Morgan fingerprint density at radius 3 is 3.12 bits per heavy atom. The lowest BCUT2D eigenvalue weighted by atomic mass is 9.82. The Bertz CT molecular complexity index is 368. The van der Waals surface area contributed by atoms with Crippen molar-refractivity contribution in [3.8, 4) is 0 Å². The van der Waals surface area contributed by atoms with E-state index in [9.17, 15) is 9.90 Å². The van der Waals surface area contributed by atoms with Gasteiger partial charge in [-0.25, -0.2) is 4.98 Å². The number of thioether (sulfide) groups is 1. The molecule has 1 aliphatic rings. The molecule has 2 atom stereocenters. The number of nitrogens with one attached hydrogen (secondary N) is 1. The van der Waals surface area contributed by atoms with Gasteiger partial charge in [-0.15, -0.1) is 0 Å². The van der Waals surface area contributed by atoms with Crippen LogP contribution < -0.4 is 0 Å². The first kappa shape index (κ1) is 11.4. The number of carboxylic acids is 1. The number of H-pyrrole nitrogens is 1. The van der Waals surface area contributed by atoms with Crippen LogP contribution in [0.1, 0.15) is 32.6 Å². The average molecular weight is 241 g/mol. The van der Waals surface area contributed by atoms with Crippen LogP contribution in [0.5, 0.6) is 0 Å². The summed E-state index contributed by atoms with van der Waals surface area (Å²) in [6, 6.07) is 0. The Labute approximate surface area is 98.0 Å². The molecule has 1 aromatic heterocycles. The number of aromatic amines is 1. The van der Waals surface area contributed by atoms with Crippen LogP contribution >= 0.6 is 11.8 Å². The number of hydrogen-bond donors (Lipinski definition) is 2. The number of rotatable bonds is 3. The molecule has 5 nitrogen and oxygen atoms in total. The first-order chi connectivity index (χ1) is 7.62. The topological polar surface area (TPSA) is 78.9 Å². The van der Waals surface area contributed by atoms with E-state index < -0.39 is 10.7 Å². The molecule has 0 aliphatic heterocycles. The third-order valence-corrected chi connectivity index (χ3v) is 4.36. The van der Waals surface area contributed by atoms with E-state index in [1.807, 2.05) is 0 Å². The van der Waals surface area contributed by atoms with Gasteiger partial charge in [0.05, 0.1) is 0 Å². The number of hydrogen-bond acceptors (Lipinski definition) is 4. The Balaban J connectivity index is 2.18. The first-order valence-corrected chi connectivity index (χ1v) is 6.22. The van der Waals surface area contributed by atoms with Crippen LogP contribution in [0.4, 0.5) is 0 Å². The SMILES string of the molecule is CC1CCCC(Sc2ncn[nH]2)(C(=O)O)C1. The van der Waals surface area contributed by atoms with E-state index in [0.29, 0.717) is 23.9 Å². The number of aromatic nitrogens is 3. The molecule has 1 saturated carbocycles. The standard InChI is InChI=1S/C10H15N3O2S/c1-7-3-2-4-10(5-7,8(14)15)16-9-11-6-12-13-9/h6-7H,2-5H2,1H3,(H,14,15)(H,11,12,13). The van der Waals surface area contributed by atoms with Crippen LogP contribution in [-0.2, 0) is 4.79 Å². The molecule has 0 spiro atoms. The zero-order valence-electron chi connectivity index (χ0n) is 9.14. The van der Waals surface area contributed by atoms with Crippen molar-refractivity contribution in [2.75, 3.05) is 0 Å². The van der Waals surface area contributed by atoms with E-state index in [4.69, 9.17) is 0 Å². The monoisotopic (exact) mass is 241 g/mol. The molecule has 1 heterocycles. The summed E-state index contributed by atoms with van der Waals surface area (Å²) in [6.07, 6.45) is 4.90. The number of carbonyl (C=O) groups is 1. The summed E-state index contributed by atoms with van der Waals surface area (Å²) in [5, 5.41) is 16.5. The molecule has 0 bridgehead atoms. The van der Waals surface area contributed by atoms with Crippen molar-refractivity contribution >= 4 is 17.7 Å². The predicted octanol–water partition coefficient (Wildman–Crippen LogP) is 1.93. The third-order valence-electron chi connectivity index (χ3n) is 3.03. The Kier molecular flexibility index (Phi) is 3.18. The molecule has 88 valence electrons. The third kappa shape index (κ3) is 2.21. The smallest absolute Gasteiger partial charge is 0.320 e. The lowest BCUT2D eigenvalue weighted by molar-refractivity contribution is -0.141. The molecule has 2 N–H and O–H groups in total. The van der Waals surface area contributed by atoms with Gasteiger partial charge in [0.1, 0.15) is 11.1 Å². The van der Waals surface area contributed by atoms with Crippen molar-refractivity contribution in [2.45, 2.75) is 42.5 Å². The fourth-order valence-corrected chi connectivity index (χ4v) is 3.53. The first-order valence-electron chi connectivity index (χ1n) is 5.40. The number of nitrogens with zero attached hydrogens (tertiary/aromatic N) is 2.